The number of amides is 2. The molecule has 2 aromatic heterocycles. The van der Waals surface area contributed by atoms with Crippen molar-refractivity contribution in [3.8, 4) is 5.69 Å². The minimum Gasteiger partial charge on any atom is -0.338 e. The normalized spacial score (nSPS) is 14.6. The molecule has 1 fully saturated rings. The Labute approximate surface area is 187 Å². The fourth-order valence-electron chi connectivity index (χ4n) is 3.62. The molecule has 31 heavy (non-hydrogen) atoms. The van der Waals surface area contributed by atoms with Gasteiger partial charge >= 0.3 is 0 Å². The van der Waals surface area contributed by atoms with Crippen LogP contribution in [-0.2, 0) is 4.79 Å². The van der Waals surface area contributed by atoms with E-state index in [4.69, 9.17) is 11.6 Å². The number of carbonyl (C=O) groups excluding carboxylic acids is 2. The number of rotatable bonds is 4. The van der Waals surface area contributed by atoms with Gasteiger partial charge in [0.2, 0.25) is 5.91 Å². The predicted octanol–water partition coefficient (Wildman–Crippen LogP) is 4.23. The van der Waals surface area contributed by atoms with Crippen LogP contribution in [0.4, 0.5) is 9.52 Å². The molecule has 0 saturated carbocycles. The van der Waals surface area contributed by atoms with Crippen LogP contribution in [0.2, 0.25) is 5.15 Å². The average Bonchev–Trinajstić information content (AvgIpc) is 3.30. The molecule has 4 rings (SSSR count). The number of hydrogen-bond donors (Lipinski definition) is 1. The quantitative estimate of drug-likeness (QED) is 0.630. The number of benzene rings is 1. The van der Waals surface area contributed by atoms with E-state index in [-0.39, 0.29) is 28.7 Å². The Morgan fingerprint density at radius 3 is 2.48 bits per heavy atom. The zero-order chi connectivity index (χ0) is 22.1. The van der Waals surface area contributed by atoms with Gasteiger partial charge < -0.3 is 10.2 Å². The molecule has 2 amide bonds. The number of anilines is 1. The van der Waals surface area contributed by atoms with Crippen molar-refractivity contribution in [3.63, 3.8) is 0 Å². The Bertz CT molecular complexity index is 1120. The van der Waals surface area contributed by atoms with Gasteiger partial charge in [-0.3, -0.25) is 9.59 Å². The third-order valence-electron chi connectivity index (χ3n) is 5.29. The molecule has 1 saturated heterocycles. The van der Waals surface area contributed by atoms with Crippen LogP contribution in [0.25, 0.3) is 5.69 Å². The molecule has 1 aromatic carbocycles. The van der Waals surface area contributed by atoms with Crippen LogP contribution < -0.4 is 5.32 Å². The van der Waals surface area contributed by atoms with Crippen LogP contribution in [0, 0.1) is 25.6 Å². The SMILES string of the molecule is Cc1csc(NC(=O)C2CCN(C(=O)c3c(C)nn(-c4ccc(F)cc4)c3Cl)CC2)n1. The lowest BCUT2D eigenvalue weighted by molar-refractivity contribution is -0.121. The molecule has 3 heterocycles. The summed E-state index contributed by atoms with van der Waals surface area (Å²) in [5.74, 6) is -0.825. The third kappa shape index (κ3) is 4.47. The van der Waals surface area contributed by atoms with E-state index in [0.717, 1.165) is 5.69 Å². The maximum Gasteiger partial charge on any atom is 0.258 e. The second-order valence-corrected chi connectivity index (χ2v) is 8.71. The van der Waals surface area contributed by atoms with Gasteiger partial charge in [-0.1, -0.05) is 11.6 Å². The summed E-state index contributed by atoms with van der Waals surface area (Å²) in [5, 5.41) is 9.88. The monoisotopic (exact) mass is 461 g/mol. The lowest BCUT2D eigenvalue weighted by Crippen LogP contribution is -2.41. The summed E-state index contributed by atoms with van der Waals surface area (Å²) in [6, 6.07) is 5.73. The number of thiazole rings is 1. The molecule has 3 aromatic rings. The molecule has 0 spiro atoms. The summed E-state index contributed by atoms with van der Waals surface area (Å²) >= 11 is 7.88. The van der Waals surface area contributed by atoms with Gasteiger partial charge in [-0.15, -0.1) is 11.3 Å². The van der Waals surface area contributed by atoms with Crippen LogP contribution in [0.1, 0.15) is 34.6 Å². The number of hydrogen-bond acceptors (Lipinski definition) is 5. The Kier molecular flexibility index (Phi) is 6.06. The summed E-state index contributed by atoms with van der Waals surface area (Å²) in [5.41, 5.74) is 2.26. The van der Waals surface area contributed by atoms with E-state index >= 15 is 0 Å². The van der Waals surface area contributed by atoms with Gasteiger partial charge in [0, 0.05) is 24.4 Å². The number of aryl methyl sites for hydroxylation is 2. The Morgan fingerprint density at radius 1 is 1.19 bits per heavy atom. The third-order valence-corrected chi connectivity index (χ3v) is 6.52. The molecule has 10 heteroatoms. The molecule has 0 atom stereocenters. The summed E-state index contributed by atoms with van der Waals surface area (Å²) in [7, 11) is 0. The maximum atomic E-state index is 13.2. The predicted molar refractivity (Wildman–Crippen MR) is 117 cm³/mol. The Morgan fingerprint density at radius 2 is 1.87 bits per heavy atom. The highest BCUT2D eigenvalue weighted by molar-refractivity contribution is 7.13. The van der Waals surface area contributed by atoms with E-state index in [1.165, 1.54) is 28.2 Å². The molecule has 0 radical (unpaired) electrons. The van der Waals surface area contributed by atoms with Crippen LogP contribution in [0.3, 0.4) is 0 Å². The highest BCUT2D eigenvalue weighted by atomic mass is 35.5. The number of halogens is 2. The molecule has 162 valence electrons. The topological polar surface area (TPSA) is 80.1 Å². The van der Waals surface area contributed by atoms with E-state index in [2.05, 4.69) is 15.4 Å². The van der Waals surface area contributed by atoms with Gasteiger partial charge in [-0.2, -0.15) is 5.10 Å². The second kappa shape index (κ2) is 8.76. The van der Waals surface area contributed by atoms with E-state index < -0.39 is 0 Å². The summed E-state index contributed by atoms with van der Waals surface area (Å²) < 4.78 is 14.6. The van der Waals surface area contributed by atoms with Gasteiger partial charge in [-0.25, -0.2) is 14.1 Å². The number of nitrogens with zero attached hydrogens (tertiary/aromatic N) is 4. The maximum absolute atomic E-state index is 13.2. The van der Waals surface area contributed by atoms with Crippen molar-refractivity contribution in [1.29, 1.82) is 0 Å². The van der Waals surface area contributed by atoms with Crippen LogP contribution in [0.15, 0.2) is 29.6 Å². The summed E-state index contributed by atoms with van der Waals surface area (Å²) in [4.78, 5) is 31.6. The second-order valence-electron chi connectivity index (χ2n) is 7.49. The van der Waals surface area contributed by atoms with Gasteiger partial charge in [0.15, 0.2) is 5.13 Å². The molecule has 1 aliphatic heterocycles. The van der Waals surface area contributed by atoms with E-state index in [0.29, 0.717) is 48.0 Å². The van der Waals surface area contributed by atoms with Crippen molar-refractivity contribution in [2.45, 2.75) is 26.7 Å². The molecule has 1 N–H and O–H groups in total. The van der Waals surface area contributed by atoms with Gasteiger partial charge in [0.25, 0.3) is 5.91 Å². The van der Waals surface area contributed by atoms with Crippen LogP contribution >= 0.6 is 22.9 Å². The van der Waals surface area contributed by atoms with Crippen molar-refractivity contribution in [2.75, 3.05) is 18.4 Å². The van der Waals surface area contributed by atoms with Gasteiger partial charge in [0.05, 0.1) is 22.6 Å². The number of piperidine rings is 1. The van der Waals surface area contributed by atoms with Crippen molar-refractivity contribution in [1.82, 2.24) is 19.7 Å². The van der Waals surface area contributed by atoms with Gasteiger partial charge in [0.1, 0.15) is 11.0 Å². The molecular weight excluding hydrogens is 441 g/mol. The Hall–Kier alpha value is -2.78. The molecular formula is C21H21ClFN5O2S. The van der Waals surface area contributed by atoms with E-state index in [9.17, 15) is 14.0 Å². The highest BCUT2D eigenvalue weighted by Gasteiger charge is 2.31. The molecule has 0 bridgehead atoms. The summed E-state index contributed by atoms with van der Waals surface area (Å²) in [6.45, 7) is 4.49. The average molecular weight is 462 g/mol. The van der Waals surface area contributed by atoms with Crippen molar-refractivity contribution in [2.24, 2.45) is 5.92 Å². The zero-order valence-electron chi connectivity index (χ0n) is 17.1. The number of likely N-dealkylation sites (tertiary alicyclic amines) is 1. The first-order valence-electron chi connectivity index (χ1n) is 9.87. The molecule has 0 aliphatic carbocycles. The zero-order valence-corrected chi connectivity index (χ0v) is 18.6. The first-order chi connectivity index (χ1) is 14.8. The lowest BCUT2D eigenvalue weighted by atomic mass is 9.95. The first-order valence-corrected chi connectivity index (χ1v) is 11.1. The standard InChI is InChI=1S/C21H21ClFN5O2S/c1-12-11-31-21(24-12)25-19(29)14-7-9-27(10-8-14)20(30)17-13(2)26-28(18(17)22)16-5-3-15(23)4-6-16/h3-6,11,14H,7-10H2,1-2H3,(H,24,25,29). The molecule has 1 aliphatic rings. The smallest absolute Gasteiger partial charge is 0.258 e. The van der Waals surface area contributed by atoms with Crippen molar-refractivity contribution in [3.05, 3.63) is 57.6 Å². The number of nitrogens with one attached hydrogen (secondary N) is 1. The fraction of sp³-hybridized carbons (Fsp3) is 0.333. The largest absolute Gasteiger partial charge is 0.338 e. The van der Waals surface area contributed by atoms with Crippen molar-refractivity contribution >= 4 is 39.9 Å². The first kappa shape index (κ1) is 21.5. The lowest BCUT2D eigenvalue weighted by Gasteiger charge is -2.31. The Balaban J connectivity index is 1.43. The minimum atomic E-state index is -0.364. The molecule has 0 unspecified atom stereocenters. The number of aromatic nitrogens is 3. The minimum absolute atomic E-state index is 0.0696. The van der Waals surface area contributed by atoms with Crippen LogP contribution in [0.5, 0.6) is 0 Å². The van der Waals surface area contributed by atoms with E-state index in [1.54, 1.807) is 24.0 Å². The highest BCUT2D eigenvalue weighted by Crippen LogP contribution is 2.28. The van der Waals surface area contributed by atoms with Crippen molar-refractivity contribution < 1.29 is 14.0 Å². The fourth-order valence-corrected chi connectivity index (χ4v) is 4.66. The summed E-state index contributed by atoms with van der Waals surface area (Å²) in [6.07, 6.45) is 1.12. The van der Waals surface area contributed by atoms with E-state index in [1.807, 2.05) is 12.3 Å². The van der Waals surface area contributed by atoms with Crippen LogP contribution in [-0.4, -0.2) is 44.6 Å². The number of carbonyl (C=O) groups is 2. The molecule has 7 nitrogen and oxygen atoms in total. The van der Waals surface area contributed by atoms with Gasteiger partial charge in [-0.05, 0) is 51.0 Å².